The molecule has 1 aromatic rings. The van der Waals surface area contributed by atoms with Gasteiger partial charge in [0.2, 0.25) is 10.0 Å². The zero-order chi connectivity index (χ0) is 13.5. The van der Waals surface area contributed by atoms with E-state index in [1.165, 1.54) is 0 Å². The van der Waals surface area contributed by atoms with Crippen molar-refractivity contribution in [3.8, 4) is 0 Å². The topological polar surface area (TPSA) is 66.1 Å². The summed E-state index contributed by atoms with van der Waals surface area (Å²) >= 11 is 0. The Morgan fingerprint density at radius 2 is 2.06 bits per heavy atom. The number of H-pyrrole nitrogens is 1. The molecule has 1 aliphatic rings. The highest BCUT2D eigenvalue weighted by Crippen LogP contribution is 2.33. The largest absolute Gasteiger partial charge is 0.281 e. The smallest absolute Gasteiger partial charge is 0.247 e. The number of rotatable bonds is 3. The van der Waals surface area contributed by atoms with Gasteiger partial charge >= 0.3 is 0 Å². The molecule has 0 aromatic carbocycles. The number of aromatic nitrogens is 2. The summed E-state index contributed by atoms with van der Waals surface area (Å²) in [4.78, 5) is 0.356. The number of hydrogen-bond acceptors (Lipinski definition) is 3. The van der Waals surface area contributed by atoms with Gasteiger partial charge in [0.05, 0.1) is 11.4 Å². The van der Waals surface area contributed by atoms with Crippen molar-refractivity contribution in [2.24, 2.45) is 0 Å². The van der Waals surface area contributed by atoms with Gasteiger partial charge in [-0.15, -0.1) is 0 Å². The van der Waals surface area contributed by atoms with E-state index in [-0.39, 0.29) is 12.1 Å². The molecule has 0 saturated carbocycles. The Kier molecular flexibility index (Phi) is 3.51. The SMILES string of the molecule is CCC1CCC(C)N1S(=O)(=O)c1c(C)n[nH]c1C. The van der Waals surface area contributed by atoms with Crippen LogP contribution in [0.4, 0.5) is 0 Å². The minimum Gasteiger partial charge on any atom is -0.281 e. The van der Waals surface area contributed by atoms with Gasteiger partial charge in [-0.1, -0.05) is 6.92 Å². The molecule has 2 rings (SSSR count). The molecule has 1 N–H and O–H groups in total. The summed E-state index contributed by atoms with van der Waals surface area (Å²) in [5.74, 6) is 0. The van der Waals surface area contributed by atoms with Gasteiger partial charge in [0.15, 0.2) is 0 Å². The third-order valence-electron chi connectivity index (χ3n) is 3.78. The van der Waals surface area contributed by atoms with E-state index in [9.17, 15) is 8.42 Å². The van der Waals surface area contributed by atoms with E-state index in [0.717, 1.165) is 19.3 Å². The van der Waals surface area contributed by atoms with Gasteiger partial charge in [-0.3, -0.25) is 5.10 Å². The Morgan fingerprint density at radius 3 is 2.56 bits per heavy atom. The number of hydrogen-bond donors (Lipinski definition) is 1. The summed E-state index contributed by atoms with van der Waals surface area (Å²) in [6.07, 6.45) is 2.75. The van der Waals surface area contributed by atoms with E-state index >= 15 is 0 Å². The number of nitrogens with zero attached hydrogens (tertiary/aromatic N) is 2. The van der Waals surface area contributed by atoms with Gasteiger partial charge in [-0.2, -0.15) is 9.40 Å². The van der Waals surface area contributed by atoms with E-state index in [2.05, 4.69) is 10.2 Å². The third kappa shape index (κ3) is 1.97. The maximum atomic E-state index is 12.8. The van der Waals surface area contributed by atoms with Crippen LogP contribution < -0.4 is 0 Å². The fourth-order valence-electron chi connectivity index (χ4n) is 2.89. The lowest BCUT2D eigenvalue weighted by Gasteiger charge is -2.27. The molecule has 2 unspecified atom stereocenters. The van der Waals surface area contributed by atoms with Crippen LogP contribution in [0, 0.1) is 13.8 Å². The highest BCUT2D eigenvalue weighted by molar-refractivity contribution is 7.89. The predicted molar refractivity (Wildman–Crippen MR) is 69.9 cm³/mol. The number of aryl methyl sites for hydroxylation is 2. The summed E-state index contributed by atoms with van der Waals surface area (Å²) in [5, 5.41) is 6.76. The molecule has 5 nitrogen and oxygen atoms in total. The Hall–Kier alpha value is -0.880. The van der Waals surface area contributed by atoms with Crippen molar-refractivity contribution >= 4 is 10.0 Å². The van der Waals surface area contributed by atoms with Crippen molar-refractivity contribution in [3.63, 3.8) is 0 Å². The monoisotopic (exact) mass is 271 g/mol. The van der Waals surface area contributed by atoms with Crippen molar-refractivity contribution in [1.29, 1.82) is 0 Å². The van der Waals surface area contributed by atoms with Crippen molar-refractivity contribution in [3.05, 3.63) is 11.4 Å². The molecular weight excluding hydrogens is 250 g/mol. The molecule has 1 aliphatic heterocycles. The van der Waals surface area contributed by atoms with Gasteiger partial charge in [0, 0.05) is 12.1 Å². The first-order valence-electron chi connectivity index (χ1n) is 6.44. The number of aromatic amines is 1. The number of sulfonamides is 1. The summed E-state index contributed by atoms with van der Waals surface area (Å²) in [7, 11) is -3.43. The average molecular weight is 271 g/mol. The first-order chi connectivity index (χ1) is 8.39. The molecule has 6 heteroatoms. The normalized spacial score (nSPS) is 25.8. The highest BCUT2D eigenvalue weighted by Gasteiger charge is 2.41. The quantitative estimate of drug-likeness (QED) is 0.914. The summed E-state index contributed by atoms with van der Waals surface area (Å²) in [6, 6.07) is 0.201. The summed E-state index contributed by atoms with van der Waals surface area (Å²) < 4.78 is 27.2. The molecule has 0 amide bonds. The summed E-state index contributed by atoms with van der Waals surface area (Å²) in [6.45, 7) is 7.52. The molecule has 2 heterocycles. The lowest BCUT2D eigenvalue weighted by Crippen LogP contribution is -2.40. The first-order valence-corrected chi connectivity index (χ1v) is 7.88. The van der Waals surface area contributed by atoms with Crippen LogP contribution in [0.25, 0.3) is 0 Å². The van der Waals surface area contributed by atoms with Gasteiger partial charge in [-0.25, -0.2) is 8.42 Å². The maximum Gasteiger partial charge on any atom is 0.247 e. The zero-order valence-corrected chi connectivity index (χ0v) is 12.2. The van der Waals surface area contributed by atoms with Gasteiger partial charge in [-0.05, 0) is 40.0 Å². The minimum atomic E-state index is -3.43. The average Bonchev–Trinajstić information content (AvgIpc) is 2.82. The van der Waals surface area contributed by atoms with Crippen LogP contribution in [0.2, 0.25) is 0 Å². The minimum absolute atomic E-state index is 0.0775. The molecule has 2 atom stereocenters. The fourth-order valence-corrected chi connectivity index (χ4v) is 5.18. The summed E-state index contributed by atoms with van der Waals surface area (Å²) in [5.41, 5.74) is 1.18. The Balaban J connectivity index is 2.49. The molecule has 1 fully saturated rings. The van der Waals surface area contributed by atoms with Crippen molar-refractivity contribution in [2.75, 3.05) is 0 Å². The molecule has 0 radical (unpaired) electrons. The van der Waals surface area contributed by atoms with Crippen molar-refractivity contribution < 1.29 is 8.42 Å². The van der Waals surface area contributed by atoms with Crippen molar-refractivity contribution in [2.45, 2.75) is 63.9 Å². The van der Waals surface area contributed by atoms with Crippen molar-refractivity contribution in [1.82, 2.24) is 14.5 Å². The molecule has 18 heavy (non-hydrogen) atoms. The van der Waals surface area contributed by atoms with Gasteiger partial charge in [0.25, 0.3) is 0 Å². The molecule has 1 aromatic heterocycles. The van der Waals surface area contributed by atoms with E-state index in [0.29, 0.717) is 16.3 Å². The van der Waals surface area contributed by atoms with E-state index in [1.54, 1.807) is 18.2 Å². The Bertz CT molecular complexity index is 516. The van der Waals surface area contributed by atoms with E-state index in [1.807, 2.05) is 13.8 Å². The van der Waals surface area contributed by atoms with E-state index in [4.69, 9.17) is 0 Å². The van der Waals surface area contributed by atoms with Crippen LogP contribution in [0.3, 0.4) is 0 Å². The molecule has 0 aliphatic carbocycles. The van der Waals surface area contributed by atoms with Crippen LogP contribution in [-0.4, -0.2) is 35.0 Å². The first kappa shape index (κ1) is 13.5. The lowest BCUT2D eigenvalue weighted by atomic mass is 10.2. The molecular formula is C12H21N3O2S. The maximum absolute atomic E-state index is 12.8. The van der Waals surface area contributed by atoms with Crippen LogP contribution in [0.5, 0.6) is 0 Å². The van der Waals surface area contributed by atoms with Gasteiger partial charge < -0.3 is 0 Å². The zero-order valence-electron chi connectivity index (χ0n) is 11.4. The van der Waals surface area contributed by atoms with Gasteiger partial charge in [0.1, 0.15) is 4.90 Å². The highest BCUT2D eigenvalue weighted by atomic mass is 32.2. The van der Waals surface area contributed by atoms with E-state index < -0.39 is 10.0 Å². The second-order valence-electron chi connectivity index (χ2n) is 5.09. The van der Waals surface area contributed by atoms with Crippen LogP contribution in [0.15, 0.2) is 4.90 Å². The van der Waals surface area contributed by atoms with Crippen LogP contribution in [-0.2, 0) is 10.0 Å². The Labute approximate surface area is 109 Å². The van der Waals surface area contributed by atoms with Crippen LogP contribution in [0.1, 0.15) is 44.5 Å². The molecule has 1 saturated heterocycles. The Morgan fingerprint density at radius 1 is 1.39 bits per heavy atom. The number of nitrogens with one attached hydrogen (secondary N) is 1. The predicted octanol–water partition coefficient (Wildman–Crippen LogP) is 1.98. The molecule has 0 spiro atoms. The lowest BCUT2D eigenvalue weighted by molar-refractivity contribution is 0.328. The second kappa shape index (κ2) is 4.66. The molecule has 102 valence electrons. The van der Waals surface area contributed by atoms with Crippen LogP contribution >= 0.6 is 0 Å². The standard InChI is InChI=1S/C12H21N3O2S/c1-5-11-7-6-8(2)15(11)18(16,17)12-9(3)13-14-10(12)4/h8,11H,5-7H2,1-4H3,(H,13,14). The second-order valence-corrected chi connectivity index (χ2v) is 6.87. The molecule has 0 bridgehead atoms. The fraction of sp³-hybridized carbons (Fsp3) is 0.750. The third-order valence-corrected chi connectivity index (χ3v) is 6.11.